The molecular formula is C14H11BrFNO2. The van der Waals surface area contributed by atoms with E-state index in [1.54, 1.807) is 30.3 Å². The normalized spacial score (nSPS) is 10.2. The van der Waals surface area contributed by atoms with E-state index in [1.165, 1.54) is 12.1 Å². The van der Waals surface area contributed by atoms with Gasteiger partial charge in [-0.05, 0) is 30.3 Å². The highest BCUT2D eigenvalue weighted by Gasteiger charge is 2.09. The van der Waals surface area contributed by atoms with Gasteiger partial charge in [-0.15, -0.1) is 0 Å². The first-order chi connectivity index (χ1) is 9.06. The standard InChI is InChI=1S/C14H11BrFNO2/c15-13-7-11(16)5-4-10(13)8-19-14(18)9-2-1-3-12(17)6-9/h1-7H,8,17H2. The molecule has 0 spiro atoms. The predicted molar refractivity (Wildman–Crippen MR) is 74.1 cm³/mol. The Morgan fingerprint density at radius 2 is 2.05 bits per heavy atom. The molecule has 19 heavy (non-hydrogen) atoms. The highest BCUT2D eigenvalue weighted by atomic mass is 79.9. The number of hydrogen-bond donors (Lipinski definition) is 1. The first-order valence-corrected chi connectivity index (χ1v) is 6.32. The number of halogens is 2. The van der Waals surface area contributed by atoms with Gasteiger partial charge < -0.3 is 10.5 Å². The largest absolute Gasteiger partial charge is 0.457 e. The molecule has 0 heterocycles. The Labute approximate surface area is 118 Å². The van der Waals surface area contributed by atoms with Crippen molar-refractivity contribution in [1.29, 1.82) is 0 Å². The van der Waals surface area contributed by atoms with Gasteiger partial charge in [0, 0.05) is 15.7 Å². The fourth-order valence-electron chi connectivity index (χ4n) is 1.53. The zero-order valence-electron chi connectivity index (χ0n) is 9.90. The molecule has 0 radical (unpaired) electrons. The van der Waals surface area contributed by atoms with Crippen molar-refractivity contribution in [1.82, 2.24) is 0 Å². The first-order valence-electron chi connectivity index (χ1n) is 5.53. The topological polar surface area (TPSA) is 52.3 Å². The van der Waals surface area contributed by atoms with Crippen molar-refractivity contribution in [3.8, 4) is 0 Å². The van der Waals surface area contributed by atoms with Crippen LogP contribution in [0.3, 0.4) is 0 Å². The van der Waals surface area contributed by atoms with Crippen LogP contribution in [0.5, 0.6) is 0 Å². The molecule has 0 saturated heterocycles. The number of ether oxygens (including phenoxy) is 1. The Balaban J connectivity index is 2.04. The van der Waals surface area contributed by atoms with E-state index in [9.17, 15) is 9.18 Å². The Kier molecular flexibility index (Phi) is 4.16. The molecule has 0 aliphatic heterocycles. The van der Waals surface area contributed by atoms with E-state index in [0.717, 1.165) is 0 Å². The highest BCUT2D eigenvalue weighted by molar-refractivity contribution is 9.10. The summed E-state index contributed by atoms with van der Waals surface area (Å²) in [5.74, 6) is -0.818. The predicted octanol–water partition coefficient (Wildman–Crippen LogP) is 3.53. The van der Waals surface area contributed by atoms with E-state index < -0.39 is 5.97 Å². The molecule has 0 saturated carbocycles. The third-order valence-corrected chi connectivity index (χ3v) is 3.23. The van der Waals surface area contributed by atoms with Crippen LogP contribution in [-0.4, -0.2) is 5.97 Å². The first kappa shape index (κ1) is 13.5. The van der Waals surface area contributed by atoms with E-state index in [4.69, 9.17) is 10.5 Å². The lowest BCUT2D eigenvalue weighted by molar-refractivity contribution is 0.0472. The van der Waals surface area contributed by atoms with Crippen molar-refractivity contribution in [3.63, 3.8) is 0 Å². The van der Waals surface area contributed by atoms with Gasteiger partial charge in [0.2, 0.25) is 0 Å². The van der Waals surface area contributed by atoms with Gasteiger partial charge in [-0.2, -0.15) is 0 Å². The molecule has 0 amide bonds. The summed E-state index contributed by atoms with van der Waals surface area (Å²) in [6.45, 7) is 0.0640. The molecule has 0 unspecified atom stereocenters. The maximum Gasteiger partial charge on any atom is 0.338 e. The van der Waals surface area contributed by atoms with Gasteiger partial charge in [-0.25, -0.2) is 9.18 Å². The Hall–Kier alpha value is -1.88. The van der Waals surface area contributed by atoms with Crippen LogP contribution in [0.1, 0.15) is 15.9 Å². The van der Waals surface area contributed by atoms with E-state index in [2.05, 4.69) is 15.9 Å². The van der Waals surface area contributed by atoms with Crippen molar-refractivity contribution in [3.05, 3.63) is 63.9 Å². The molecule has 98 valence electrons. The van der Waals surface area contributed by atoms with E-state index in [0.29, 0.717) is 21.3 Å². The molecule has 5 heteroatoms. The minimum Gasteiger partial charge on any atom is -0.457 e. The fraction of sp³-hybridized carbons (Fsp3) is 0.0714. The van der Waals surface area contributed by atoms with Gasteiger partial charge in [0.15, 0.2) is 0 Å². The fourth-order valence-corrected chi connectivity index (χ4v) is 2.00. The number of rotatable bonds is 3. The minimum absolute atomic E-state index is 0.0640. The summed E-state index contributed by atoms with van der Waals surface area (Å²) in [6, 6.07) is 10.7. The summed E-state index contributed by atoms with van der Waals surface area (Å²) in [5.41, 5.74) is 7.17. The van der Waals surface area contributed by atoms with Gasteiger partial charge in [-0.3, -0.25) is 0 Å². The van der Waals surface area contributed by atoms with Crippen LogP contribution in [0.25, 0.3) is 0 Å². The smallest absolute Gasteiger partial charge is 0.338 e. The maximum absolute atomic E-state index is 12.9. The molecule has 2 aromatic carbocycles. The quantitative estimate of drug-likeness (QED) is 0.694. The molecule has 2 aromatic rings. The van der Waals surface area contributed by atoms with Crippen molar-refractivity contribution >= 4 is 27.6 Å². The van der Waals surface area contributed by atoms with Crippen molar-refractivity contribution in [2.75, 3.05) is 5.73 Å². The molecule has 0 aliphatic carbocycles. The summed E-state index contributed by atoms with van der Waals surface area (Å²) in [7, 11) is 0. The van der Waals surface area contributed by atoms with E-state index >= 15 is 0 Å². The van der Waals surface area contributed by atoms with Gasteiger partial charge in [0.25, 0.3) is 0 Å². The van der Waals surface area contributed by atoms with Gasteiger partial charge >= 0.3 is 5.97 Å². The Bertz CT molecular complexity index is 616. The van der Waals surface area contributed by atoms with Crippen molar-refractivity contribution < 1.29 is 13.9 Å². The molecule has 3 nitrogen and oxygen atoms in total. The molecule has 2 rings (SSSR count). The number of carbonyl (C=O) groups excluding carboxylic acids is 1. The number of anilines is 1. The number of nitrogens with two attached hydrogens (primary N) is 1. The maximum atomic E-state index is 12.9. The Morgan fingerprint density at radius 3 is 2.74 bits per heavy atom. The number of benzene rings is 2. The van der Waals surface area contributed by atoms with Crippen LogP contribution < -0.4 is 5.73 Å². The van der Waals surface area contributed by atoms with Crippen LogP contribution in [0.4, 0.5) is 10.1 Å². The molecular weight excluding hydrogens is 313 g/mol. The number of hydrogen-bond acceptors (Lipinski definition) is 3. The lowest BCUT2D eigenvalue weighted by atomic mass is 10.2. The van der Waals surface area contributed by atoms with Crippen LogP contribution in [0, 0.1) is 5.82 Å². The van der Waals surface area contributed by atoms with Gasteiger partial charge in [0.05, 0.1) is 5.56 Å². The number of esters is 1. The summed E-state index contributed by atoms with van der Waals surface area (Å²) < 4.78 is 18.6. The third kappa shape index (κ3) is 3.54. The molecule has 0 aromatic heterocycles. The summed E-state index contributed by atoms with van der Waals surface area (Å²) in [6.07, 6.45) is 0. The average Bonchev–Trinajstić information content (AvgIpc) is 2.37. The van der Waals surface area contributed by atoms with Crippen molar-refractivity contribution in [2.45, 2.75) is 6.61 Å². The molecule has 0 fully saturated rings. The van der Waals surface area contributed by atoms with E-state index in [1.807, 2.05) is 0 Å². The zero-order chi connectivity index (χ0) is 13.8. The van der Waals surface area contributed by atoms with E-state index in [-0.39, 0.29) is 12.4 Å². The zero-order valence-corrected chi connectivity index (χ0v) is 11.5. The summed E-state index contributed by atoms with van der Waals surface area (Å²) in [5, 5.41) is 0. The lowest BCUT2D eigenvalue weighted by Crippen LogP contribution is -2.06. The van der Waals surface area contributed by atoms with Crippen LogP contribution in [0.2, 0.25) is 0 Å². The van der Waals surface area contributed by atoms with Crippen LogP contribution in [0.15, 0.2) is 46.9 Å². The minimum atomic E-state index is -0.469. The van der Waals surface area contributed by atoms with Gasteiger partial charge in [-0.1, -0.05) is 28.1 Å². The second-order valence-electron chi connectivity index (χ2n) is 3.94. The van der Waals surface area contributed by atoms with Crippen LogP contribution in [-0.2, 0) is 11.3 Å². The number of carbonyl (C=O) groups is 1. The van der Waals surface area contributed by atoms with Crippen molar-refractivity contribution in [2.24, 2.45) is 0 Å². The monoisotopic (exact) mass is 323 g/mol. The molecule has 0 atom stereocenters. The SMILES string of the molecule is Nc1cccc(C(=O)OCc2ccc(F)cc2Br)c1. The second kappa shape index (κ2) is 5.84. The lowest BCUT2D eigenvalue weighted by Gasteiger charge is -2.07. The van der Waals surface area contributed by atoms with Crippen LogP contribution >= 0.6 is 15.9 Å². The average molecular weight is 324 g/mol. The van der Waals surface area contributed by atoms with Gasteiger partial charge in [0.1, 0.15) is 12.4 Å². The Morgan fingerprint density at radius 1 is 1.26 bits per heavy atom. The molecule has 0 aliphatic rings. The molecule has 0 bridgehead atoms. The number of nitrogen functional groups attached to an aromatic ring is 1. The summed E-state index contributed by atoms with van der Waals surface area (Å²) in [4.78, 5) is 11.8. The summed E-state index contributed by atoms with van der Waals surface area (Å²) >= 11 is 3.21. The molecule has 2 N–H and O–H groups in total. The highest BCUT2D eigenvalue weighted by Crippen LogP contribution is 2.19. The second-order valence-corrected chi connectivity index (χ2v) is 4.79. The third-order valence-electron chi connectivity index (χ3n) is 2.50.